The highest BCUT2D eigenvalue weighted by molar-refractivity contribution is 5.96. The topological polar surface area (TPSA) is 109 Å². The number of ether oxygens (including phenoxy) is 2. The van der Waals surface area contributed by atoms with Gasteiger partial charge in [0.25, 0.3) is 0 Å². The van der Waals surface area contributed by atoms with E-state index < -0.39 is 16.9 Å². The molecule has 170 valence electrons. The lowest BCUT2D eigenvalue weighted by Gasteiger charge is -2.30. The quantitative estimate of drug-likeness (QED) is 0.374. The second-order valence-corrected chi connectivity index (χ2v) is 9.13. The van der Waals surface area contributed by atoms with Gasteiger partial charge in [0.15, 0.2) is 22.5 Å². The largest absolute Gasteiger partial charge is 0.507 e. The van der Waals surface area contributed by atoms with Gasteiger partial charge in [0, 0.05) is 29.2 Å². The third-order valence-corrected chi connectivity index (χ3v) is 6.35. The minimum absolute atomic E-state index is 0.0431. The molecule has 0 radical (unpaired) electrons. The number of rotatable bonds is 2. The molecule has 2 aliphatic rings. The van der Waals surface area contributed by atoms with Gasteiger partial charge in [0.05, 0.1) is 18.2 Å². The van der Waals surface area contributed by atoms with E-state index in [1.807, 2.05) is 19.9 Å². The number of hydrogen-bond donors (Lipinski definition) is 3. The third-order valence-electron chi connectivity index (χ3n) is 6.35. The van der Waals surface area contributed by atoms with Gasteiger partial charge in [0.1, 0.15) is 34.0 Å². The molecule has 33 heavy (non-hydrogen) atoms. The van der Waals surface area contributed by atoms with Gasteiger partial charge in [-0.1, -0.05) is 12.2 Å². The molecule has 5 rings (SSSR count). The zero-order chi connectivity index (χ0) is 23.8. The van der Waals surface area contributed by atoms with Gasteiger partial charge in [0.2, 0.25) is 0 Å². The summed E-state index contributed by atoms with van der Waals surface area (Å²) in [6.45, 7) is 9.55. The maximum Gasteiger partial charge on any atom is 0.200 e. The van der Waals surface area contributed by atoms with Crippen LogP contribution in [0.3, 0.4) is 0 Å². The van der Waals surface area contributed by atoms with Crippen LogP contribution in [0.2, 0.25) is 0 Å². The average molecular weight is 448 g/mol. The maximum absolute atomic E-state index is 13.6. The molecule has 7 heteroatoms. The summed E-state index contributed by atoms with van der Waals surface area (Å²) in [5.74, 6) is -0.415. The zero-order valence-corrected chi connectivity index (χ0v) is 18.8. The van der Waals surface area contributed by atoms with Crippen molar-refractivity contribution in [3.05, 3.63) is 57.3 Å². The van der Waals surface area contributed by atoms with Crippen molar-refractivity contribution >= 4 is 17.0 Å². The van der Waals surface area contributed by atoms with Gasteiger partial charge < -0.3 is 29.2 Å². The fourth-order valence-corrected chi connectivity index (χ4v) is 4.73. The summed E-state index contributed by atoms with van der Waals surface area (Å²) in [7, 11) is 1.39. The molecule has 1 unspecified atom stereocenters. The Kier molecular flexibility index (Phi) is 4.34. The van der Waals surface area contributed by atoms with Crippen LogP contribution in [0.5, 0.6) is 28.7 Å². The maximum atomic E-state index is 13.6. The monoisotopic (exact) mass is 448 g/mol. The van der Waals surface area contributed by atoms with Crippen molar-refractivity contribution in [1.29, 1.82) is 0 Å². The molecule has 1 aliphatic heterocycles. The molecule has 2 heterocycles. The first-order chi connectivity index (χ1) is 15.5. The summed E-state index contributed by atoms with van der Waals surface area (Å²) < 4.78 is 17.4. The second kappa shape index (κ2) is 6.81. The van der Waals surface area contributed by atoms with E-state index in [-0.39, 0.29) is 51.7 Å². The predicted molar refractivity (Wildman–Crippen MR) is 124 cm³/mol. The number of phenols is 3. The van der Waals surface area contributed by atoms with E-state index in [1.165, 1.54) is 19.2 Å². The van der Waals surface area contributed by atoms with Gasteiger partial charge in [-0.3, -0.25) is 4.79 Å². The van der Waals surface area contributed by atoms with E-state index in [0.717, 1.165) is 0 Å². The number of hydrogen-bond acceptors (Lipinski definition) is 7. The lowest BCUT2D eigenvalue weighted by molar-refractivity contribution is 0.158. The first kappa shape index (κ1) is 21.0. The molecule has 3 aromatic rings. The van der Waals surface area contributed by atoms with Gasteiger partial charge in [-0.2, -0.15) is 0 Å². The predicted octanol–water partition coefficient (Wildman–Crippen LogP) is 4.99. The summed E-state index contributed by atoms with van der Waals surface area (Å²) in [4.78, 5) is 13.6. The van der Waals surface area contributed by atoms with Crippen molar-refractivity contribution < 1.29 is 29.2 Å². The number of phenolic OH excluding ortho intramolecular Hbond substituents is 3. The molecular formula is C26H24O7. The summed E-state index contributed by atoms with van der Waals surface area (Å²) >= 11 is 0. The SMILES string of the molecule is C=C(C)C1Cc2c(oc3c4c(cc(O)c3c2=O)OC(C)(C)C=C4)-c2c(O)cc(OC)c(O)c21. The van der Waals surface area contributed by atoms with Gasteiger partial charge in [-0.25, -0.2) is 0 Å². The van der Waals surface area contributed by atoms with Crippen molar-refractivity contribution in [3.63, 3.8) is 0 Å². The van der Waals surface area contributed by atoms with Gasteiger partial charge in [-0.05, 0) is 39.3 Å². The van der Waals surface area contributed by atoms with Crippen LogP contribution in [-0.2, 0) is 6.42 Å². The summed E-state index contributed by atoms with van der Waals surface area (Å²) in [5, 5.41) is 32.6. The van der Waals surface area contributed by atoms with E-state index in [0.29, 0.717) is 28.0 Å². The molecule has 3 N–H and O–H groups in total. The van der Waals surface area contributed by atoms with E-state index in [4.69, 9.17) is 13.9 Å². The highest BCUT2D eigenvalue weighted by Crippen LogP contribution is 2.54. The van der Waals surface area contributed by atoms with Crippen LogP contribution in [0.4, 0.5) is 0 Å². The van der Waals surface area contributed by atoms with Crippen molar-refractivity contribution in [1.82, 2.24) is 0 Å². The third kappa shape index (κ3) is 2.92. The van der Waals surface area contributed by atoms with E-state index in [2.05, 4.69) is 6.58 Å². The smallest absolute Gasteiger partial charge is 0.200 e. The summed E-state index contributed by atoms with van der Waals surface area (Å²) in [5.41, 5.74) is 1.24. The van der Waals surface area contributed by atoms with Crippen LogP contribution < -0.4 is 14.9 Å². The Bertz CT molecular complexity index is 1460. The number of methoxy groups -OCH3 is 1. The van der Waals surface area contributed by atoms with Crippen molar-refractivity contribution in [2.75, 3.05) is 7.11 Å². The molecule has 0 fully saturated rings. The molecular weight excluding hydrogens is 424 g/mol. The number of allylic oxidation sites excluding steroid dienone is 1. The highest BCUT2D eigenvalue weighted by Gasteiger charge is 2.37. The number of aromatic hydroxyl groups is 3. The molecule has 0 amide bonds. The lowest BCUT2D eigenvalue weighted by Crippen LogP contribution is -2.27. The van der Waals surface area contributed by atoms with Crippen molar-refractivity contribution in [3.8, 4) is 40.1 Å². The Morgan fingerprint density at radius 1 is 1.21 bits per heavy atom. The van der Waals surface area contributed by atoms with E-state index in [1.54, 1.807) is 13.0 Å². The minimum Gasteiger partial charge on any atom is -0.507 e. The molecule has 0 saturated heterocycles. The molecule has 1 atom stereocenters. The average Bonchev–Trinajstić information content (AvgIpc) is 2.74. The fraction of sp³-hybridized carbons (Fsp3) is 0.269. The Hall–Kier alpha value is -3.87. The Balaban J connectivity index is 1.92. The zero-order valence-electron chi connectivity index (χ0n) is 18.8. The Morgan fingerprint density at radius 3 is 2.61 bits per heavy atom. The Morgan fingerprint density at radius 2 is 1.94 bits per heavy atom. The van der Waals surface area contributed by atoms with E-state index in [9.17, 15) is 20.1 Å². The van der Waals surface area contributed by atoms with Crippen LogP contribution >= 0.6 is 0 Å². The normalized spacial score (nSPS) is 17.6. The van der Waals surface area contributed by atoms with Gasteiger partial charge >= 0.3 is 0 Å². The van der Waals surface area contributed by atoms with Crippen LogP contribution in [0.1, 0.15) is 43.4 Å². The van der Waals surface area contributed by atoms with Crippen LogP contribution in [-0.4, -0.2) is 28.0 Å². The van der Waals surface area contributed by atoms with Crippen LogP contribution in [0.15, 0.2) is 39.6 Å². The standard InChI is InChI=1S/C26H24O7/c1-11(2)13-8-14-22(29)21-16(28)9-17-12(6-7-26(3,4)33-17)24(21)32-25(14)20-15(27)10-18(31-5)23(30)19(13)20/h6-7,9-10,13,27-28,30H,1,8H2,2-5H3. The molecule has 0 saturated carbocycles. The van der Waals surface area contributed by atoms with Crippen molar-refractivity contribution in [2.45, 2.75) is 38.7 Å². The van der Waals surface area contributed by atoms with Crippen LogP contribution in [0.25, 0.3) is 28.4 Å². The minimum atomic E-state index is -0.594. The highest BCUT2D eigenvalue weighted by atomic mass is 16.5. The molecule has 1 aromatic heterocycles. The fourth-order valence-electron chi connectivity index (χ4n) is 4.73. The summed E-state index contributed by atoms with van der Waals surface area (Å²) in [6.07, 6.45) is 3.82. The van der Waals surface area contributed by atoms with Crippen LogP contribution in [0, 0.1) is 0 Å². The molecule has 2 aromatic carbocycles. The van der Waals surface area contributed by atoms with E-state index >= 15 is 0 Å². The second-order valence-electron chi connectivity index (χ2n) is 9.13. The number of benzene rings is 2. The lowest BCUT2D eigenvalue weighted by atomic mass is 9.77. The molecule has 7 nitrogen and oxygen atoms in total. The molecule has 0 spiro atoms. The Labute approximate surface area is 189 Å². The first-order valence-corrected chi connectivity index (χ1v) is 10.6. The first-order valence-electron chi connectivity index (χ1n) is 10.6. The van der Waals surface area contributed by atoms with Gasteiger partial charge in [-0.15, -0.1) is 0 Å². The molecule has 1 aliphatic carbocycles. The van der Waals surface area contributed by atoms with Crippen molar-refractivity contribution in [2.24, 2.45) is 0 Å². The number of fused-ring (bicyclic) bond motifs is 6. The molecule has 0 bridgehead atoms. The summed E-state index contributed by atoms with van der Waals surface area (Å²) in [6, 6.07) is 2.71.